The molecule has 0 radical (unpaired) electrons. The summed E-state index contributed by atoms with van der Waals surface area (Å²) in [4.78, 5) is 10.0. The quantitative estimate of drug-likeness (QED) is 0.740. The number of hydrogen-bond donors (Lipinski definition) is 2. The van der Waals surface area contributed by atoms with Crippen LogP contribution in [0.15, 0.2) is 18.2 Å². The Balaban J connectivity index is 2.77. The molecule has 0 aliphatic heterocycles. The predicted molar refractivity (Wildman–Crippen MR) is 41.2 cm³/mol. The van der Waals surface area contributed by atoms with Crippen molar-refractivity contribution in [3.05, 3.63) is 35.4 Å². The zero-order chi connectivity index (χ0) is 9.84. The second kappa shape index (κ2) is 3.84. The first kappa shape index (κ1) is 9.44. The minimum absolute atomic E-state index is 0.0117. The van der Waals surface area contributed by atoms with Gasteiger partial charge in [0.05, 0.1) is 0 Å². The molecule has 0 heterocycles. The highest BCUT2D eigenvalue weighted by Crippen LogP contribution is 2.10. The molecule has 70 valence electrons. The highest BCUT2D eigenvalue weighted by Gasteiger charge is 2.07. The predicted octanol–water partition coefficient (Wildman–Crippen LogP) is 1.73. The zero-order valence-electron chi connectivity index (χ0n) is 6.55. The Bertz CT molecular complexity index is 328. The first-order valence-corrected chi connectivity index (χ1v) is 3.51. The molecule has 0 aromatic heterocycles. The SMILES string of the molecule is O=C(O)NCc1cccc(F)c1F. The van der Waals surface area contributed by atoms with Crippen LogP contribution in [0.1, 0.15) is 5.56 Å². The van der Waals surface area contributed by atoms with Gasteiger partial charge in [0.25, 0.3) is 0 Å². The maximum Gasteiger partial charge on any atom is 0.404 e. The second-order valence-corrected chi connectivity index (χ2v) is 2.37. The number of halogens is 2. The fraction of sp³-hybridized carbons (Fsp3) is 0.125. The van der Waals surface area contributed by atoms with Gasteiger partial charge >= 0.3 is 6.09 Å². The van der Waals surface area contributed by atoms with E-state index in [2.05, 4.69) is 0 Å². The van der Waals surface area contributed by atoms with E-state index in [1.165, 1.54) is 12.1 Å². The topological polar surface area (TPSA) is 49.3 Å². The van der Waals surface area contributed by atoms with E-state index in [1.807, 2.05) is 5.32 Å². The number of amides is 1. The van der Waals surface area contributed by atoms with E-state index in [-0.39, 0.29) is 12.1 Å². The first-order chi connectivity index (χ1) is 6.11. The summed E-state index contributed by atoms with van der Waals surface area (Å²) in [7, 11) is 0. The molecule has 0 aliphatic rings. The molecule has 5 heteroatoms. The third-order valence-corrected chi connectivity index (χ3v) is 1.46. The van der Waals surface area contributed by atoms with Crippen molar-refractivity contribution < 1.29 is 18.7 Å². The molecular weight excluding hydrogens is 180 g/mol. The van der Waals surface area contributed by atoms with Gasteiger partial charge in [-0.15, -0.1) is 0 Å². The van der Waals surface area contributed by atoms with E-state index in [1.54, 1.807) is 0 Å². The van der Waals surface area contributed by atoms with Crippen LogP contribution in [-0.2, 0) is 6.54 Å². The van der Waals surface area contributed by atoms with Gasteiger partial charge < -0.3 is 10.4 Å². The molecule has 0 saturated carbocycles. The van der Waals surface area contributed by atoms with Crippen LogP contribution in [0.5, 0.6) is 0 Å². The third-order valence-electron chi connectivity index (χ3n) is 1.46. The lowest BCUT2D eigenvalue weighted by molar-refractivity contribution is 0.194. The molecular formula is C8H7F2NO2. The third kappa shape index (κ3) is 2.40. The van der Waals surface area contributed by atoms with Crippen molar-refractivity contribution >= 4 is 6.09 Å². The molecule has 3 nitrogen and oxygen atoms in total. The van der Waals surface area contributed by atoms with E-state index >= 15 is 0 Å². The van der Waals surface area contributed by atoms with Crippen molar-refractivity contribution in [1.29, 1.82) is 0 Å². The van der Waals surface area contributed by atoms with Crippen molar-refractivity contribution in [3.8, 4) is 0 Å². The van der Waals surface area contributed by atoms with Gasteiger partial charge in [0.2, 0.25) is 0 Å². The molecule has 0 fully saturated rings. The average Bonchev–Trinajstić information content (AvgIpc) is 2.07. The van der Waals surface area contributed by atoms with Crippen LogP contribution in [0.25, 0.3) is 0 Å². The average molecular weight is 187 g/mol. The van der Waals surface area contributed by atoms with Gasteiger partial charge in [0.15, 0.2) is 11.6 Å². The maximum atomic E-state index is 12.8. The molecule has 13 heavy (non-hydrogen) atoms. The Morgan fingerprint density at radius 2 is 2.15 bits per heavy atom. The largest absolute Gasteiger partial charge is 0.465 e. The standard InChI is InChI=1S/C8H7F2NO2/c9-6-3-1-2-5(7(6)10)4-11-8(12)13/h1-3,11H,4H2,(H,12,13). The lowest BCUT2D eigenvalue weighted by atomic mass is 10.2. The van der Waals surface area contributed by atoms with E-state index < -0.39 is 17.7 Å². The Kier molecular flexibility index (Phi) is 2.79. The molecule has 0 unspecified atom stereocenters. The van der Waals surface area contributed by atoms with Gasteiger partial charge in [-0.1, -0.05) is 12.1 Å². The highest BCUT2D eigenvalue weighted by molar-refractivity contribution is 5.64. The van der Waals surface area contributed by atoms with E-state index in [9.17, 15) is 13.6 Å². The molecule has 1 amide bonds. The molecule has 1 aromatic rings. The minimum atomic E-state index is -1.27. The highest BCUT2D eigenvalue weighted by atomic mass is 19.2. The Labute approximate surface area is 73.0 Å². The van der Waals surface area contributed by atoms with Crippen LogP contribution in [0, 0.1) is 11.6 Å². The van der Waals surface area contributed by atoms with Gasteiger partial charge in [0.1, 0.15) is 0 Å². The summed E-state index contributed by atoms with van der Waals surface area (Å²) in [6.45, 7) is -0.237. The van der Waals surface area contributed by atoms with E-state index in [0.717, 1.165) is 6.07 Å². The number of carbonyl (C=O) groups is 1. The van der Waals surface area contributed by atoms with Crippen LogP contribution >= 0.6 is 0 Å². The molecule has 0 bridgehead atoms. The number of carboxylic acid groups (broad SMARTS) is 1. The summed E-state index contributed by atoms with van der Waals surface area (Å²) >= 11 is 0. The zero-order valence-corrected chi connectivity index (χ0v) is 6.55. The van der Waals surface area contributed by atoms with Crippen LogP contribution in [0.2, 0.25) is 0 Å². The van der Waals surface area contributed by atoms with Crippen molar-refractivity contribution in [3.63, 3.8) is 0 Å². The lowest BCUT2D eigenvalue weighted by Gasteiger charge is -2.02. The van der Waals surface area contributed by atoms with Crippen LogP contribution in [0.4, 0.5) is 13.6 Å². The first-order valence-electron chi connectivity index (χ1n) is 3.51. The van der Waals surface area contributed by atoms with Gasteiger partial charge in [-0.3, -0.25) is 0 Å². The second-order valence-electron chi connectivity index (χ2n) is 2.37. The molecule has 0 saturated heterocycles. The van der Waals surface area contributed by atoms with Gasteiger partial charge in [-0.25, -0.2) is 13.6 Å². The van der Waals surface area contributed by atoms with Crippen molar-refractivity contribution in [2.24, 2.45) is 0 Å². The van der Waals surface area contributed by atoms with Gasteiger partial charge in [-0.05, 0) is 6.07 Å². The van der Waals surface area contributed by atoms with Crippen molar-refractivity contribution in [2.45, 2.75) is 6.54 Å². The molecule has 1 rings (SSSR count). The normalized spacial score (nSPS) is 9.69. The smallest absolute Gasteiger partial charge is 0.404 e. The monoisotopic (exact) mass is 187 g/mol. The van der Waals surface area contributed by atoms with Crippen LogP contribution < -0.4 is 5.32 Å². The van der Waals surface area contributed by atoms with Gasteiger partial charge in [-0.2, -0.15) is 0 Å². The fourth-order valence-corrected chi connectivity index (χ4v) is 0.856. The molecule has 1 aromatic carbocycles. The van der Waals surface area contributed by atoms with Crippen molar-refractivity contribution in [1.82, 2.24) is 5.32 Å². The summed E-state index contributed by atoms with van der Waals surface area (Å²) < 4.78 is 25.4. The maximum absolute atomic E-state index is 12.8. The molecule has 0 spiro atoms. The summed E-state index contributed by atoms with van der Waals surface area (Å²) in [5.74, 6) is -2.00. The summed E-state index contributed by atoms with van der Waals surface area (Å²) in [6.07, 6.45) is -1.27. The number of rotatable bonds is 2. The van der Waals surface area contributed by atoms with Crippen molar-refractivity contribution in [2.75, 3.05) is 0 Å². The fourth-order valence-electron chi connectivity index (χ4n) is 0.856. The van der Waals surface area contributed by atoms with Crippen LogP contribution in [-0.4, -0.2) is 11.2 Å². The van der Waals surface area contributed by atoms with Crippen LogP contribution in [0.3, 0.4) is 0 Å². The minimum Gasteiger partial charge on any atom is -0.465 e. The Morgan fingerprint density at radius 3 is 2.77 bits per heavy atom. The lowest BCUT2D eigenvalue weighted by Crippen LogP contribution is -2.20. The summed E-state index contributed by atoms with van der Waals surface area (Å²) in [6, 6.07) is 3.60. The van der Waals surface area contributed by atoms with Gasteiger partial charge in [0, 0.05) is 12.1 Å². The molecule has 0 atom stereocenters. The summed E-state index contributed by atoms with van der Waals surface area (Å²) in [5, 5.41) is 10.1. The molecule has 2 N–H and O–H groups in total. The number of hydrogen-bond acceptors (Lipinski definition) is 1. The Hall–Kier alpha value is -1.65. The Morgan fingerprint density at radius 1 is 1.46 bits per heavy atom. The molecule has 0 aliphatic carbocycles. The van der Waals surface area contributed by atoms with E-state index in [0.29, 0.717) is 0 Å². The van der Waals surface area contributed by atoms with E-state index in [4.69, 9.17) is 5.11 Å². The number of benzene rings is 1. The number of nitrogens with one attached hydrogen (secondary N) is 1. The summed E-state index contributed by atoms with van der Waals surface area (Å²) in [5.41, 5.74) is -0.0117.